The van der Waals surface area contributed by atoms with E-state index in [-0.39, 0.29) is 23.8 Å². The van der Waals surface area contributed by atoms with Crippen molar-refractivity contribution in [1.29, 1.82) is 0 Å². The first-order valence-corrected chi connectivity index (χ1v) is 17.0. The molecule has 0 aliphatic heterocycles. The second-order valence-electron chi connectivity index (χ2n) is 10.8. The molecular formula is C35H37Cl2N3O4S. The first-order chi connectivity index (χ1) is 21.6. The van der Waals surface area contributed by atoms with Crippen molar-refractivity contribution in [2.75, 3.05) is 17.4 Å². The third-order valence-corrected chi connectivity index (χ3v) is 9.59. The lowest BCUT2D eigenvalue weighted by atomic mass is 10.0. The fourth-order valence-corrected chi connectivity index (χ4v) is 6.68. The van der Waals surface area contributed by atoms with Crippen molar-refractivity contribution in [2.45, 2.75) is 50.6 Å². The maximum atomic E-state index is 14.5. The van der Waals surface area contributed by atoms with Crippen LogP contribution in [-0.2, 0) is 32.6 Å². The standard InChI is InChI=1S/C35H37Cl2N3O4S/c1-3-4-20-38-35(42)33(23-27-11-6-5-7-12-27)39(24-28-13-9-14-30(37)22-28)34(41)25-40(31-15-8-10-26(2)21-31)45(43,44)32-18-16-29(36)17-19-32/h5-19,21-22,33H,3-4,20,23-25H2,1-2H3,(H,38,42). The van der Waals surface area contributed by atoms with E-state index in [2.05, 4.69) is 5.32 Å². The highest BCUT2D eigenvalue weighted by molar-refractivity contribution is 7.92. The van der Waals surface area contributed by atoms with Gasteiger partial charge in [-0.2, -0.15) is 0 Å². The van der Waals surface area contributed by atoms with E-state index in [1.54, 1.807) is 36.4 Å². The lowest BCUT2D eigenvalue weighted by Crippen LogP contribution is -2.53. The Morgan fingerprint density at radius 2 is 1.51 bits per heavy atom. The van der Waals surface area contributed by atoms with Gasteiger partial charge in [-0.3, -0.25) is 13.9 Å². The van der Waals surface area contributed by atoms with Gasteiger partial charge in [0.2, 0.25) is 11.8 Å². The number of aryl methyl sites for hydroxylation is 1. The number of amides is 2. The van der Waals surface area contributed by atoms with Crippen molar-refractivity contribution in [3.8, 4) is 0 Å². The molecule has 2 amide bonds. The first kappa shape index (κ1) is 34.0. The van der Waals surface area contributed by atoms with E-state index in [0.717, 1.165) is 28.3 Å². The molecule has 7 nitrogen and oxygen atoms in total. The molecule has 0 saturated heterocycles. The summed E-state index contributed by atoms with van der Waals surface area (Å²) in [4.78, 5) is 29.7. The van der Waals surface area contributed by atoms with Gasteiger partial charge < -0.3 is 10.2 Å². The van der Waals surface area contributed by atoms with E-state index in [9.17, 15) is 18.0 Å². The average Bonchev–Trinajstić information content (AvgIpc) is 3.02. The Hall–Kier alpha value is -3.85. The minimum atomic E-state index is -4.21. The van der Waals surface area contributed by atoms with Crippen LogP contribution in [0.15, 0.2) is 108 Å². The number of hydrogen-bond donors (Lipinski definition) is 1. The van der Waals surface area contributed by atoms with Gasteiger partial charge in [-0.1, -0.05) is 91.1 Å². The van der Waals surface area contributed by atoms with Crippen molar-refractivity contribution in [3.05, 3.63) is 130 Å². The molecule has 0 heterocycles. The Labute approximate surface area is 275 Å². The number of sulfonamides is 1. The van der Waals surface area contributed by atoms with Crippen LogP contribution in [0.2, 0.25) is 10.0 Å². The van der Waals surface area contributed by atoms with Crippen LogP contribution in [0.25, 0.3) is 0 Å². The summed E-state index contributed by atoms with van der Waals surface area (Å²) in [7, 11) is -4.21. The molecule has 0 radical (unpaired) electrons. The molecule has 0 aromatic heterocycles. The quantitative estimate of drug-likeness (QED) is 0.146. The maximum absolute atomic E-state index is 14.5. The monoisotopic (exact) mass is 665 g/mol. The summed E-state index contributed by atoms with van der Waals surface area (Å²) in [5.41, 5.74) is 2.72. The number of anilines is 1. The van der Waals surface area contributed by atoms with Crippen molar-refractivity contribution in [3.63, 3.8) is 0 Å². The van der Waals surface area contributed by atoms with E-state index < -0.39 is 28.5 Å². The van der Waals surface area contributed by atoms with Gasteiger partial charge in [0.15, 0.2) is 0 Å². The molecule has 0 spiro atoms. The number of nitrogens with zero attached hydrogens (tertiary/aromatic N) is 2. The van der Waals surface area contributed by atoms with Crippen LogP contribution in [-0.4, -0.2) is 44.3 Å². The lowest BCUT2D eigenvalue weighted by molar-refractivity contribution is -0.140. The van der Waals surface area contributed by atoms with E-state index >= 15 is 0 Å². The fourth-order valence-electron chi connectivity index (χ4n) is 4.94. The van der Waals surface area contributed by atoms with Crippen molar-refractivity contribution in [1.82, 2.24) is 10.2 Å². The van der Waals surface area contributed by atoms with Crippen LogP contribution in [0.5, 0.6) is 0 Å². The molecule has 4 rings (SSSR count). The number of hydrogen-bond acceptors (Lipinski definition) is 4. The highest BCUT2D eigenvalue weighted by Crippen LogP contribution is 2.27. The highest BCUT2D eigenvalue weighted by Gasteiger charge is 2.34. The zero-order valence-electron chi connectivity index (χ0n) is 25.3. The number of carbonyl (C=O) groups is 2. The number of unbranched alkanes of at least 4 members (excludes halogenated alkanes) is 1. The summed E-state index contributed by atoms with van der Waals surface area (Å²) >= 11 is 12.4. The average molecular weight is 667 g/mol. The van der Waals surface area contributed by atoms with Gasteiger partial charge in [-0.15, -0.1) is 0 Å². The van der Waals surface area contributed by atoms with E-state index in [1.807, 2.05) is 56.3 Å². The Balaban J connectivity index is 1.79. The van der Waals surface area contributed by atoms with Crippen LogP contribution < -0.4 is 9.62 Å². The first-order valence-electron chi connectivity index (χ1n) is 14.8. The molecule has 10 heteroatoms. The predicted molar refractivity (Wildman–Crippen MR) is 181 cm³/mol. The minimum absolute atomic E-state index is 0.0132. The molecule has 1 unspecified atom stereocenters. The number of nitrogens with one attached hydrogen (secondary N) is 1. The largest absolute Gasteiger partial charge is 0.354 e. The van der Waals surface area contributed by atoms with Crippen LogP contribution in [0.1, 0.15) is 36.5 Å². The second kappa shape index (κ2) is 15.9. The predicted octanol–water partition coefficient (Wildman–Crippen LogP) is 7.05. The topological polar surface area (TPSA) is 86.8 Å². The van der Waals surface area contributed by atoms with Crippen LogP contribution in [0.4, 0.5) is 5.69 Å². The fraction of sp³-hybridized carbons (Fsp3) is 0.257. The molecule has 0 aliphatic carbocycles. The van der Waals surface area contributed by atoms with Crippen LogP contribution in [0, 0.1) is 6.92 Å². The van der Waals surface area contributed by atoms with Crippen LogP contribution >= 0.6 is 23.2 Å². The zero-order valence-corrected chi connectivity index (χ0v) is 27.7. The Kier molecular flexibility index (Phi) is 12.0. The molecule has 0 saturated carbocycles. The summed E-state index contributed by atoms with van der Waals surface area (Å²) in [6.07, 6.45) is 1.91. The SMILES string of the molecule is CCCCNC(=O)C(Cc1ccccc1)N(Cc1cccc(Cl)c1)C(=O)CN(c1cccc(C)c1)S(=O)(=O)c1ccc(Cl)cc1. The van der Waals surface area contributed by atoms with Gasteiger partial charge in [0.25, 0.3) is 10.0 Å². The maximum Gasteiger partial charge on any atom is 0.264 e. The van der Waals surface area contributed by atoms with Gasteiger partial charge in [-0.05, 0) is 78.6 Å². The molecule has 1 N–H and O–H groups in total. The van der Waals surface area contributed by atoms with E-state index in [1.165, 1.54) is 29.2 Å². The van der Waals surface area contributed by atoms with Gasteiger partial charge in [0, 0.05) is 29.6 Å². The Morgan fingerprint density at radius 3 is 2.18 bits per heavy atom. The lowest BCUT2D eigenvalue weighted by Gasteiger charge is -2.34. The van der Waals surface area contributed by atoms with Gasteiger partial charge in [0.1, 0.15) is 12.6 Å². The van der Waals surface area contributed by atoms with Crippen molar-refractivity contribution >= 4 is 50.7 Å². The summed E-state index contributed by atoms with van der Waals surface area (Å²) < 4.78 is 29.3. The highest BCUT2D eigenvalue weighted by atomic mass is 35.5. The molecule has 0 fully saturated rings. The Bertz CT molecular complexity index is 1700. The van der Waals surface area contributed by atoms with Gasteiger partial charge in [0.05, 0.1) is 10.6 Å². The molecule has 4 aromatic carbocycles. The van der Waals surface area contributed by atoms with Crippen LogP contribution in [0.3, 0.4) is 0 Å². The second-order valence-corrected chi connectivity index (χ2v) is 13.5. The number of halogens is 2. The summed E-state index contributed by atoms with van der Waals surface area (Å²) in [5.74, 6) is -0.856. The zero-order chi connectivity index (χ0) is 32.4. The molecule has 45 heavy (non-hydrogen) atoms. The van der Waals surface area contributed by atoms with Crippen molar-refractivity contribution < 1.29 is 18.0 Å². The van der Waals surface area contributed by atoms with E-state index in [0.29, 0.717) is 27.8 Å². The number of benzene rings is 4. The third-order valence-electron chi connectivity index (χ3n) is 7.31. The summed E-state index contributed by atoms with van der Waals surface area (Å²) in [6, 6.07) is 28.3. The number of rotatable bonds is 14. The molecule has 0 aliphatic rings. The Morgan fingerprint density at radius 1 is 0.822 bits per heavy atom. The third kappa shape index (κ3) is 9.33. The van der Waals surface area contributed by atoms with Gasteiger partial charge in [-0.25, -0.2) is 8.42 Å². The van der Waals surface area contributed by atoms with E-state index in [4.69, 9.17) is 23.2 Å². The summed E-state index contributed by atoms with van der Waals surface area (Å²) in [6.45, 7) is 3.84. The molecule has 4 aromatic rings. The molecule has 0 bridgehead atoms. The minimum Gasteiger partial charge on any atom is -0.354 e. The smallest absolute Gasteiger partial charge is 0.264 e. The normalized spacial score (nSPS) is 11.9. The number of carbonyl (C=O) groups excluding carboxylic acids is 2. The van der Waals surface area contributed by atoms with Gasteiger partial charge >= 0.3 is 0 Å². The van der Waals surface area contributed by atoms with Crippen molar-refractivity contribution in [2.24, 2.45) is 0 Å². The summed E-state index contributed by atoms with van der Waals surface area (Å²) in [5, 5.41) is 3.86. The molecular weight excluding hydrogens is 629 g/mol. The molecule has 1 atom stereocenters. The molecule has 236 valence electrons.